The zero-order valence-corrected chi connectivity index (χ0v) is 8.63. The van der Waals surface area contributed by atoms with Gasteiger partial charge in [0.05, 0.1) is 15.3 Å². The number of rotatable bonds is 0. The van der Waals surface area contributed by atoms with E-state index >= 15 is 0 Å². The van der Waals surface area contributed by atoms with E-state index in [2.05, 4.69) is 32.7 Å². The monoisotopic (exact) mass is 177 g/mol. The minimum Gasteiger partial charge on any atom is -0.283 e. The molecule has 1 nitrogen and oxygen atoms in total. The van der Waals surface area contributed by atoms with Gasteiger partial charge in [0.2, 0.25) is 0 Å². The van der Waals surface area contributed by atoms with Crippen molar-refractivity contribution in [3.63, 3.8) is 0 Å². The Bertz CT molecular complexity index is 106. The first kappa shape index (κ1) is 8.75. The highest BCUT2D eigenvalue weighted by molar-refractivity contribution is 8.18. The highest BCUT2D eigenvalue weighted by Crippen LogP contribution is 2.38. The van der Waals surface area contributed by atoms with E-state index in [1.54, 1.807) is 0 Å². The van der Waals surface area contributed by atoms with Gasteiger partial charge in [-0.3, -0.25) is 4.90 Å². The lowest BCUT2D eigenvalue weighted by Gasteiger charge is -2.37. The van der Waals surface area contributed by atoms with Crippen LogP contribution in [-0.4, -0.2) is 27.3 Å². The van der Waals surface area contributed by atoms with Gasteiger partial charge in [-0.25, -0.2) is 0 Å². The van der Waals surface area contributed by atoms with Crippen molar-refractivity contribution in [2.45, 2.75) is 36.1 Å². The van der Waals surface area contributed by atoms with E-state index in [0.29, 0.717) is 10.7 Å². The summed E-state index contributed by atoms with van der Waals surface area (Å²) in [6.45, 7) is 6.84. The highest BCUT2D eigenvalue weighted by Gasteiger charge is 2.26. The molecule has 10 heavy (non-hydrogen) atoms. The molecule has 1 heterocycles. The molecule has 1 fully saturated rings. The van der Waals surface area contributed by atoms with E-state index in [0.717, 1.165) is 4.58 Å². The van der Waals surface area contributed by atoms with Gasteiger partial charge in [-0.2, -0.15) is 0 Å². The smallest absolute Gasteiger partial charge is 0.0546 e. The second-order valence-electron chi connectivity index (χ2n) is 2.70. The topological polar surface area (TPSA) is 3.24 Å². The van der Waals surface area contributed by atoms with E-state index in [1.165, 1.54) is 0 Å². The lowest BCUT2D eigenvalue weighted by atomic mass is 10.6. The molecule has 0 N–H and O–H groups in total. The van der Waals surface area contributed by atoms with E-state index in [-0.39, 0.29) is 0 Å². The predicted octanol–water partition coefficient (Wildman–Crippen LogP) is 2.44. The molecule has 0 aliphatic carbocycles. The molecule has 0 spiro atoms. The summed E-state index contributed by atoms with van der Waals surface area (Å²) in [5, 5.41) is 1.37. The number of thioether (sulfide) groups is 2. The maximum atomic E-state index is 2.41. The van der Waals surface area contributed by atoms with Crippen molar-refractivity contribution in [3.05, 3.63) is 0 Å². The van der Waals surface area contributed by atoms with Crippen molar-refractivity contribution < 1.29 is 0 Å². The second kappa shape index (κ2) is 3.37. The summed E-state index contributed by atoms with van der Waals surface area (Å²) >= 11 is 4.08. The van der Waals surface area contributed by atoms with Crippen LogP contribution in [0.15, 0.2) is 0 Å². The Labute approximate surface area is 71.9 Å². The molecule has 1 unspecified atom stereocenters. The van der Waals surface area contributed by atoms with Gasteiger partial charge < -0.3 is 0 Å². The van der Waals surface area contributed by atoms with Crippen LogP contribution in [0.4, 0.5) is 0 Å². The fraction of sp³-hybridized carbons (Fsp3) is 1.00. The molecular weight excluding hydrogens is 162 g/mol. The van der Waals surface area contributed by atoms with Crippen molar-refractivity contribution in [3.8, 4) is 0 Å². The van der Waals surface area contributed by atoms with Crippen molar-refractivity contribution in [1.29, 1.82) is 0 Å². The summed E-state index contributed by atoms with van der Waals surface area (Å²) in [4.78, 5) is 2.41. The van der Waals surface area contributed by atoms with E-state index in [9.17, 15) is 0 Å². The first-order chi connectivity index (χ1) is 4.61. The Morgan fingerprint density at radius 1 is 1.00 bits per heavy atom. The average molecular weight is 177 g/mol. The van der Waals surface area contributed by atoms with Gasteiger partial charge in [0.1, 0.15) is 0 Å². The molecule has 60 valence electrons. The minimum atomic E-state index is 0.686. The number of hydrogen-bond donors (Lipinski definition) is 0. The average Bonchev–Trinajstić information content (AvgIpc) is 1.82. The van der Waals surface area contributed by atoms with Crippen LogP contribution in [0.1, 0.15) is 20.8 Å². The zero-order valence-electron chi connectivity index (χ0n) is 7.00. The maximum absolute atomic E-state index is 2.41. The first-order valence-corrected chi connectivity index (χ1v) is 5.52. The Balaban J connectivity index is 2.49. The highest BCUT2D eigenvalue weighted by atomic mass is 32.2. The van der Waals surface area contributed by atoms with Gasteiger partial charge in [0, 0.05) is 0 Å². The molecule has 0 amide bonds. The molecule has 3 atom stereocenters. The van der Waals surface area contributed by atoms with Crippen molar-refractivity contribution in [1.82, 2.24) is 4.90 Å². The minimum absolute atomic E-state index is 0.686. The van der Waals surface area contributed by atoms with Gasteiger partial charge in [0.25, 0.3) is 0 Å². The summed E-state index contributed by atoms with van der Waals surface area (Å²) in [6, 6.07) is 0. The second-order valence-corrected chi connectivity index (χ2v) is 6.33. The fourth-order valence-corrected chi connectivity index (χ4v) is 4.23. The van der Waals surface area contributed by atoms with Gasteiger partial charge >= 0.3 is 0 Å². The van der Waals surface area contributed by atoms with Crippen LogP contribution in [-0.2, 0) is 0 Å². The quantitative estimate of drug-likeness (QED) is 0.559. The SMILES string of the molecule is CC1S[C@@H](C)N(C)[C@@H](C)S1. The number of nitrogens with zero attached hydrogens (tertiary/aromatic N) is 1. The molecule has 1 saturated heterocycles. The molecule has 0 saturated carbocycles. The summed E-state index contributed by atoms with van der Waals surface area (Å²) in [5.41, 5.74) is 0. The summed E-state index contributed by atoms with van der Waals surface area (Å²) in [6.07, 6.45) is 0. The Kier molecular flexibility index (Phi) is 2.95. The Morgan fingerprint density at radius 2 is 1.40 bits per heavy atom. The molecule has 0 aromatic rings. The maximum Gasteiger partial charge on any atom is 0.0546 e. The van der Waals surface area contributed by atoms with E-state index in [4.69, 9.17) is 0 Å². The van der Waals surface area contributed by atoms with Crippen LogP contribution in [0.5, 0.6) is 0 Å². The molecule has 0 aromatic heterocycles. The Morgan fingerprint density at radius 3 is 1.80 bits per heavy atom. The van der Waals surface area contributed by atoms with Gasteiger partial charge in [-0.05, 0) is 27.8 Å². The van der Waals surface area contributed by atoms with Crippen LogP contribution in [0, 0.1) is 0 Å². The van der Waals surface area contributed by atoms with Crippen molar-refractivity contribution in [2.75, 3.05) is 7.05 Å². The predicted molar refractivity (Wildman–Crippen MR) is 51.3 cm³/mol. The summed E-state index contributed by atoms with van der Waals surface area (Å²) < 4.78 is 0.765. The standard InChI is InChI=1S/C7H15NS2/c1-5-8(4)6(2)10-7(3)9-5/h5-7H,1-4H3/t5-,6+,7?. The largest absolute Gasteiger partial charge is 0.283 e. The van der Waals surface area contributed by atoms with Crippen LogP contribution >= 0.6 is 23.5 Å². The number of hydrogen-bond acceptors (Lipinski definition) is 3. The molecule has 1 aliphatic heterocycles. The zero-order chi connectivity index (χ0) is 7.72. The lowest BCUT2D eigenvalue weighted by Crippen LogP contribution is -2.38. The van der Waals surface area contributed by atoms with Crippen molar-refractivity contribution in [2.24, 2.45) is 0 Å². The van der Waals surface area contributed by atoms with Gasteiger partial charge in [-0.15, -0.1) is 23.5 Å². The lowest BCUT2D eigenvalue weighted by molar-refractivity contribution is 0.317. The van der Waals surface area contributed by atoms with Crippen LogP contribution < -0.4 is 0 Å². The van der Waals surface area contributed by atoms with Crippen LogP contribution in [0.25, 0.3) is 0 Å². The normalized spacial score (nSPS) is 43.8. The fourth-order valence-electron chi connectivity index (χ4n) is 1.07. The molecule has 0 aromatic carbocycles. The van der Waals surface area contributed by atoms with E-state index in [1.807, 2.05) is 23.5 Å². The Hall–Kier alpha value is 0.660. The molecule has 0 bridgehead atoms. The molecular formula is C7H15NS2. The molecule has 3 heteroatoms. The summed E-state index contributed by atoms with van der Waals surface area (Å²) in [7, 11) is 2.20. The molecule has 1 rings (SSSR count). The van der Waals surface area contributed by atoms with Crippen LogP contribution in [0.3, 0.4) is 0 Å². The molecule has 0 radical (unpaired) electrons. The van der Waals surface area contributed by atoms with Crippen LogP contribution in [0.2, 0.25) is 0 Å². The van der Waals surface area contributed by atoms with Gasteiger partial charge in [0.15, 0.2) is 0 Å². The third-order valence-corrected chi connectivity index (χ3v) is 4.81. The van der Waals surface area contributed by atoms with Gasteiger partial charge in [-0.1, -0.05) is 0 Å². The molecule has 1 aliphatic rings. The third kappa shape index (κ3) is 1.83. The third-order valence-electron chi connectivity index (χ3n) is 1.92. The van der Waals surface area contributed by atoms with E-state index < -0.39 is 0 Å². The summed E-state index contributed by atoms with van der Waals surface area (Å²) in [5.74, 6) is 0. The van der Waals surface area contributed by atoms with Crippen molar-refractivity contribution >= 4 is 23.5 Å². The first-order valence-electron chi connectivity index (χ1n) is 3.64.